The first kappa shape index (κ1) is 11.7. The molecule has 1 heterocycles. The number of hydrogen-bond donors (Lipinski definition) is 2. The largest absolute Gasteiger partial charge is 0.310 e. The summed E-state index contributed by atoms with van der Waals surface area (Å²) in [5.41, 5.74) is 0.306. The fourth-order valence-electron chi connectivity index (χ4n) is 1.64. The van der Waals surface area contributed by atoms with Gasteiger partial charge in [0.1, 0.15) is 12.2 Å². The van der Waals surface area contributed by atoms with Gasteiger partial charge in [-0.25, -0.2) is 13.8 Å². The van der Waals surface area contributed by atoms with Crippen molar-refractivity contribution in [3.63, 3.8) is 0 Å². The maximum absolute atomic E-state index is 13.5. The molecule has 4 nitrogen and oxygen atoms in total. The number of aromatic amines is 1. The van der Waals surface area contributed by atoms with Crippen LogP contribution in [0.2, 0.25) is 0 Å². The molecule has 6 heteroatoms. The van der Waals surface area contributed by atoms with E-state index in [-0.39, 0.29) is 6.04 Å². The van der Waals surface area contributed by atoms with Gasteiger partial charge in [0.05, 0.1) is 6.04 Å². The number of nitrogens with one attached hydrogen (secondary N) is 2. The third-order valence-corrected chi connectivity index (χ3v) is 2.57. The number of rotatable bonds is 4. The summed E-state index contributed by atoms with van der Waals surface area (Å²) >= 11 is 0. The molecule has 0 saturated carbocycles. The third kappa shape index (κ3) is 2.47. The lowest BCUT2D eigenvalue weighted by Crippen LogP contribution is -2.21. The molecule has 0 aliphatic carbocycles. The second-order valence-electron chi connectivity index (χ2n) is 3.63. The van der Waals surface area contributed by atoms with E-state index in [1.165, 1.54) is 12.4 Å². The average Bonchev–Trinajstić information content (AvgIpc) is 2.85. The van der Waals surface area contributed by atoms with Crippen LogP contribution < -0.4 is 5.32 Å². The van der Waals surface area contributed by atoms with Crippen molar-refractivity contribution in [3.8, 4) is 0 Å². The molecule has 1 atom stereocenters. The van der Waals surface area contributed by atoms with E-state index >= 15 is 0 Å². The molecule has 2 rings (SSSR count). The van der Waals surface area contributed by atoms with Crippen LogP contribution in [-0.4, -0.2) is 22.2 Å². The summed E-state index contributed by atoms with van der Waals surface area (Å²) in [4.78, 5) is 3.99. The first-order chi connectivity index (χ1) is 8.22. The molecule has 0 spiro atoms. The normalized spacial score (nSPS) is 12.6. The molecule has 0 bridgehead atoms. The Morgan fingerprint density at radius 3 is 2.88 bits per heavy atom. The van der Waals surface area contributed by atoms with Crippen LogP contribution in [0.1, 0.15) is 17.4 Å². The molecule has 0 radical (unpaired) electrons. The van der Waals surface area contributed by atoms with E-state index < -0.39 is 11.6 Å². The summed E-state index contributed by atoms with van der Waals surface area (Å²) in [5.74, 6) is -1.06. The Morgan fingerprint density at radius 1 is 1.41 bits per heavy atom. The van der Waals surface area contributed by atoms with Gasteiger partial charge in [-0.2, -0.15) is 5.10 Å². The minimum absolute atomic E-state index is 0.228. The monoisotopic (exact) mass is 238 g/mol. The molecule has 17 heavy (non-hydrogen) atoms. The standard InChI is InChI=1S/C11H12F2N4/c1-14-9(11-15-6-16-17-11)5-7-3-2-4-8(12)10(7)13/h2-4,6,9,14H,5H2,1H3,(H,15,16,17). The van der Waals surface area contributed by atoms with Crippen LogP contribution in [0.5, 0.6) is 0 Å². The van der Waals surface area contributed by atoms with Crippen LogP contribution in [-0.2, 0) is 6.42 Å². The average molecular weight is 238 g/mol. The summed E-state index contributed by atoms with van der Waals surface area (Å²) in [6.45, 7) is 0. The third-order valence-electron chi connectivity index (χ3n) is 2.57. The highest BCUT2D eigenvalue weighted by Gasteiger charge is 2.16. The summed E-state index contributed by atoms with van der Waals surface area (Å²) < 4.78 is 26.5. The summed E-state index contributed by atoms with van der Waals surface area (Å²) in [7, 11) is 1.73. The van der Waals surface area contributed by atoms with Crippen molar-refractivity contribution in [1.82, 2.24) is 20.5 Å². The van der Waals surface area contributed by atoms with Crippen LogP contribution in [0.25, 0.3) is 0 Å². The zero-order valence-electron chi connectivity index (χ0n) is 9.24. The van der Waals surface area contributed by atoms with Crippen molar-refractivity contribution in [2.75, 3.05) is 7.05 Å². The van der Waals surface area contributed by atoms with Gasteiger partial charge < -0.3 is 5.32 Å². The Balaban J connectivity index is 2.22. The van der Waals surface area contributed by atoms with Crippen LogP contribution in [0.4, 0.5) is 8.78 Å². The number of hydrogen-bond acceptors (Lipinski definition) is 3. The van der Waals surface area contributed by atoms with Gasteiger partial charge >= 0.3 is 0 Å². The molecule has 0 fully saturated rings. The van der Waals surface area contributed by atoms with Gasteiger partial charge in [-0.3, -0.25) is 5.10 Å². The van der Waals surface area contributed by atoms with E-state index in [2.05, 4.69) is 20.5 Å². The van der Waals surface area contributed by atoms with Crippen molar-refractivity contribution < 1.29 is 8.78 Å². The highest BCUT2D eigenvalue weighted by atomic mass is 19.2. The highest BCUT2D eigenvalue weighted by molar-refractivity contribution is 5.20. The van der Waals surface area contributed by atoms with E-state index in [0.29, 0.717) is 17.8 Å². The molecular weight excluding hydrogens is 226 g/mol. The minimum atomic E-state index is -0.838. The first-order valence-electron chi connectivity index (χ1n) is 5.17. The predicted octanol–water partition coefficient (Wildman–Crippen LogP) is 1.59. The van der Waals surface area contributed by atoms with Crippen molar-refractivity contribution in [2.45, 2.75) is 12.5 Å². The van der Waals surface area contributed by atoms with Gasteiger partial charge in [0.2, 0.25) is 0 Å². The summed E-state index contributed by atoms with van der Waals surface area (Å²) in [6.07, 6.45) is 1.68. The van der Waals surface area contributed by atoms with Gasteiger partial charge in [0.25, 0.3) is 0 Å². The number of likely N-dealkylation sites (N-methyl/N-ethyl adjacent to an activating group) is 1. The number of halogens is 2. The maximum Gasteiger partial charge on any atom is 0.162 e. The molecule has 90 valence electrons. The Hall–Kier alpha value is -1.82. The van der Waals surface area contributed by atoms with E-state index in [1.54, 1.807) is 13.1 Å². The Bertz CT molecular complexity index is 484. The SMILES string of the molecule is CNC(Cc1cccc(F)c1F)c1ncn[nH]1. The van der Waals surface area contributed by atoms with Crippen LogP contribution in [0.15, 0.2) is 24.5 Å². The summed E-state index contributed by atoms with van der Waals surface area (Å²) in [6, 6.07) is 3.91. The number of nitrogens with zero attached hydrogens (tertiary/aromatic N) is 2. The zero-order valence-corrected chi connectivity index (χ0v) is 9.24. The Kier molecular flexibility index (Phi) is 3.43. The van der Waals surface area contributed by atoms with Gasteiger partial charge in [-0.15, -0.1) is 0 Å². The number of benzene rings is 1. The van der Waals surface area contributed by atoms with E-state index in [1.807, 2.05) is 0 Å². The molecule has 1 unspecified atom stereocenters. The fraction of sp³-hybridized carbons (Fsp3) is 0.273. The molecule has 1 aromatic heterocycles. The van der Waals surface area contributed by atoms with E-state index in [9.17, 15) is 8.78 Å². The maximum atomic E-state index is 13.5. The smallest absolute Gasteiger partial charge is 0.162 e. The summed E-state index contributed by atoms with van der Waals surface area (Å²) in [5, 5.41) is 9.41. The Morgan fingerprint density at radius 2 is 2.24 bits per heavy atom. The van der Waals surface area contributed by atoms with E-state index in [0.717, 1.165) is 6.07 Å². The molecule has 0 saturated heterocycles. The number of H-pyrrole nitrogens is 1. The van der Waals surface area contributed by atoms with Gasteiger partial charge in [0.15, 0.2) is 11.6 Å². The molecule has 2 aromatic rings. The lowest BCUT2D eigenvalue weighted by atomic mass is 10.0. The Labute approximate surface area is 97.1 Å². The second-order valence-corrected chi connectivity index (χ2v) is 3.63. The first-order valence-corrected chi connectivity index (χ1v) is 5.17. The van der Waals surface area contributed by atoms with Gasteiger partial charge in [0, 0.05) is 0 Å². The lowest BCUT2D eigenvalue weighted by molar-refractivity contribution is 0.482. The van der Waals surface area contributed by atoms with Crippen molar-refractivity contribution in [1.29, 1.82) is 0 Å². The fourth-order valence-corrected chi connectivity index (χ4v) is 1.64. The van der Waals surface area contributed by atoms with Crippen molar-refractivity contribution in [3.05, 3.63) is 47.5 Å². The second kappa shape index (κ2) is 5.01. The van der Waals surface area contributed by atoms with Crippen LogP contribution >= 0.6 is 0 Å². The van der Waals surface area contributed by atoms with Crippen molar-refractivity contribution in [2.24, 2.45) is 0 Å². The highest BCUT2D eigenvalue weighted by Crippen LogP contribution is 2.18. The molecule has 2 N–H and O–H groups in total. The topological polar surface area (TPSA) is 53.6 Å². The molecule has 0 aliphatic heterocycles. The zero-order chi connectivity index (χ0) is 12.3. The molecule has 0 amide bonds. The van der Waals surface area contributed by atoms with Crippen LogP contribution in [0.3, 0.4) is 0 Å². The van der Waals surface area contributed by atoms with Crippen molar-refractivity contribution >= 4 is 0 Å². The predicted molar refractivity (Wildman–Crippen MR) is 58.2 cm³/mol. The number of aromatic nitrogens is 3. The van der Waals surface area contributed by atoms with E-state index in [4.69, 9.17) is 0 Å². The van der Waals surface area contributed by atoms with Gasteiger partial charge in [-0.1, -0.05) is 12.1 Å². The van der Waals surface area contributed by atoms with Crippen LogP contribution in [0, 0.1) is 11.6 Å². The minimum Gasteiger partial charge on any atom is -0.310 e. The lowest BCUT2D eigenvalue weighted by Gasteiger charge is -2.13. The quantitative estimate of drug-likeness (QED) is 0.850. The van der Waals surface area contributed by atoms with Gasteiger partial charge in [-0.05, 0) is 25.1 Å². The molecule has 1 aromatic carbocycles. The molecular formula is C11H12F2N4. The molecule has 0 aliphatic rings.